The Balaban J connectivity index is 4.06. The lowest BCUT2D eigenvalue weighted by Gasteiger charge is -1.81. The van der Waals surface area contributed by atoms with Crippen molar-refractivity contribution in [3.05, 3.63) is 6.26 Å². The molecular formula is C2H5O2S-. The van der Waals surface area contributed by atoms with Gasteiger partial charge >= 0.3 is 0 Å². The molecule has 2 nitrogen and oxygen atoms in total. The summed E-state index contributed by atoms with van der Waals surface area (Å²) in [5.41, 5.74) is 0. The van der Waals surface area contributed by atoms with Gasteiger partial charge < -0.3 is 0 Å². The maximum absolute atomic E-state index is 9.52. The quantitative estimate of drug-likeness (QED) is 0.389. The van der Waals surface area contributed by atoms with Gasteiger partial charge in [0.2, 0.25) is 0 Å². The molecule has 0 aromatic carbocycles. The molecule has 0 bridgehead atoms. The molecule has 5 heavy (non-hydrogen) atoms. The highest BCUT2D eigenvalue weighted by atomic mass is 32.2. The molecule has 0 aromatic heterocycles. The Labute approximate surface area is 31.7 Å². The van der Waals surface area contributed by atoms with E-state index in [9.17, 15) is 8.42 Å². The first kappa shape index (κ1) is 4.95. The summed E-state index contributed by atoms with van der Waals surface area (Å²) in [5.74, 6) is 0. The van der Waals surface area contributed by atoms with Crippen molar-refractivity contribution in [2.75, 3.05) is 6.26 Å². The van der Waals surface area contributed by atoms with Crippen LogP contribution < -0.4 is 0 Å². The molecule has 0 unspecified atom stereocenters. The van der Waals surface area contributed by atoms with E-state index >= 15 is 0 Å². The van der Waals surface area contributed by atoms with E-state index in [1.165, 1.54) is 0 Å². The second-order valence-corrected chi connectivity index (χ2v) is 2.78. The van der Waals surface area contributed by atoms with Crippen molar-refractivity contribution in [1.29, 1.82) is 0 Å². The van der Waals surface area contributed by atoms with Gasteiger partial charge in [-0.05, 0) is 0 Å². The van der Waals surface area contributed by atoms with Gasteiger partial charge in [0, 0.05) is 16.1 Å². The highest BCUT2D eigenvalue weighted by Gasteiger charge is 1.67. The smallest absolute Gasteiger partial charge is 0.0185 e. The summed E-state index contributed by atoms with van der Waals surface area (Å²) in [7, 11) is -2.92. The Kier molecular flexibility index (Phi) is 0.961. The van der Waals surface area contributed by atoms with Crippen molar-refractivity contribution in [3.8, 4) is 0 Å². The predicted octanol–water partition coefficient (Wildman–Crippen LogP) is -0.177. The van der Waals surface area contributed by atoms with Crippen LogP contribution in [0, 0.1) is 6.26 Å². The maximum Gasteiger partial charge on any atom is 0.0185 e. The summed E-state index contributed by atoms with van der Waals surface area (Å²) in [6.07, 6.45) is 3.79. The third kappa shape index (κ3) is 6010. The van der Waals surface area contributed by atoms with Crippen molar-refractivity contribution in [2.45, 2.75) is 0 Å². The van der Waals surface area contributed by atoms with E-state index in [4.69, 9.17) is 0 Å². The summed E-state index contributed by atoms with van der Waals surface area (Å²) < 4.78 is 19.0. The summed E-state index contributed by atoms with van der Waals surface area (Å²) in [6.45, 7) is 0. The highest BCUT2D eigenvalue weighted by molar-refractivity contribution is 7.91. The Bertz CT molecular complexity index is 90.8. The SMILES string of the molecule is [CH2-]S(C)(=O)=O. The predicted molar refractivity (Wildman–Crippen MR) is 20.2 cm³/mol. The number of hydrogen-bond acceptors (Lipinski definition) is 2. The van der Waals surface area contributed by atoms with Crippen molar-refractivity contribution < 1.29 is 8.42 Å². The number of hydrogen-bond donors (Lipinski definition) is 0. The van der Waals surface area contributed by atoms with Gasteiger partial charge in [0.05, 0.1) is 0 Å². The van der Waals surface area contributed by atoms with Gasteiger partial charge in [0.25, 0.3) is 0 Å². The average Bonchev–Trinajstić information content (AvgIpc) is 0.722. The van der Waals surface area contributed by atoms with Crippen molar-refractivity contribution in [2.24, 2.45) is 0 Å². The summed E-state index contributed by atoms with van der Waals surface area (Å²) in [5, 5.41) is 0. The van der Waals surface area contributed by atoms with Crippen LogP contribution in [-0.2, 0) is 9.84 Å². The van der Waals surface area contributed by atoms with E-state index in [-0.39, 0.29) is 0 Å². The van der Waals surface area contributed by atoms with Crippen LogP contribution in [0.25, 0.3) is 0 Å². The van der Waals surface area contributed by atoms with Gasteiger partial charge in [-0.3, -0.25) is 8.42 Å². The summed E-state index contributed by atoms with van der Waals surface area (Å²) in [6, 6.07) is 0. The molecule has 0 radical (unpaired) electrons. The molecule has 0 saturated heterocycles. The number of sulfone groups is 1. The normalized spacial score (nSPS) is 11.6. The van der Waals surface area contributed by atoms with Gasteiger partial charge in [-0.25, -0.2) is 6.26 Å². The molecule has 0 N–H and O–H groups in total. The fourth-order valence-electron chi connectivity index (χ4n) is 0. The van der Waals surface area contributed by atoms with Crippen molar-refractivity contribution >= 4 is 9.84 Å². The third-order valence-electron chi connectivity index (χ3n) is 0. The summed E-state index contributed by atoms with van der Waals surface area (Å²) >= 11 is 0. The Morgan fingerprint density at radius 1 is 1.60 bits per heavy atom. The molecular weight excluding hydrogens is 88.1 g/mol. The van der Waals surface area contributed by atoms with E-state index in [0.717, 1.165) is 6.26 Å². The minimum Gasteiger partial charge on any atom is -0.263 e. The van der Waals surface area contributed by atoms with E-state index in [1.54, 1.807) is 0 Å². The van der Waals surface area contributed by atoms with Gasteiger partial charge in [-0.2, -0.15) is 0 Å². The Morgan fingerprint density at radius 2 is 1.60 bits per heavy atom. The first-order valence-corrected chi connectivity index (χ1v) is 3.09. The lowest BCUT2D eigenvalue weighted by atomic mass is 11.9. The minimum atomic E-state index is -2.92. The fourth-order valence-corrected chi connectivity index (χ4v) is 0. The largest absolute Gasteiger partial charge is 0.263 e. The zero-order chi connectivity index (χ0) is 4.50. The van der Waals surface area contributed by atoms with E-state index < -0.39 is 9.84 Å². The zero-order valence-corrected chi connectivity index (χ0v) is 3.75. The van der Waals surface area contributed by atoms with Gasteiger partial charge in [0.15, 0.2) is 0 Å². The molecule has 0 aromatic rings. The monoisotopic (exact) mass is 93.0 g/mol. The van der Waals surface area contributed by atoms with E-state index in [1.807, 2.05) is 0 Å². The molecule has 0 aliphatic rings. The van der Waals surface area contributed by atoms with Gasteiger partial charge in [0.1, 0.15) is 0 Å². The molecule has 0 aliphatic carbocycles. The van der Waals surface area contributed by atoms with Gasteiger partial charge in [-0.1, -0.05) is 0 Å². The molecule has 0 saturated carbocycles. The molecule has 0 aliphatic heterocycles. The summed E-state index contributed by atoms with van der Waals surface area (Å²) in [4.78, 5) is 0. The van der Waals surface area contributed by atoms with Crippen LogP contribution in [0.5, 0.6) is 0 Å². The zero-order valence-electron chi connectivity index (χ0n) is 2.93. The second kappa shape index (κ2) is 0.971. The average molecular weight is 93.1 g/mol. The molecule has 0 spiro atoms. The van der Waals surface area contributed by atoms with Crippen LogP contribution in [0.1, 0.15) is 0 Å². The van der Waals surface area contributed by atoms with Crippen LogP contribution in [0.15, 0.2) is 0 Å². The molecule has 32 valence electrons. The standard InChI is InChI=1S/C2H5O2S/c1-5(2,3)4/h1H2,2H3/q-1. The lowest BCUT2D eigenvalue weighted by molar-refractivity contribution is 0.610. The maximum atomic E-state index is 9.52. The topological polar surface area (TPSA) is 34.1 Å². The number of rotatable bonds is 0. The molecule has 3 heteroatoms. The van der Waals surface area contributed by atoms with Crippen LogP contribution in [0.4, 0.5) is 0 Å². The molecule has 0 fully saturated rings. The first-order chi connectivity index (χ1) is 2.00. The van der Waals surface area contributed by atoms with E-state index in [2.05, 4.69) is 6.26 Å². The van der Waals surface area contributed by atoms with Crippen LogP contribution in [0.3, 0.4) is 0 Å². The Morgan fingerprint density at radius 3 is 1.60 bits per heavy atom. The molecule has 0 amide bonds. The third-order valence-corrected chi connectivity index (χ3v) is 0. The Hall–Kier alpha value is -0.0500. The minimum absolute atomic E-state index is 1.05. The van der Waals surface area contributed by atoms with Crippen molar-refractivity contribution in [1.82, 2.24) is 0 Å². The van der Waals surface area contributed by atoms with Crippen LogP contribution in [-0.4, -0.2) is 14.7 Å². The molecule has 0 atom stereocenters. The van der Waals surface area contributed by atoms with Crippen LogP contribution in [0.2, 0.25) is 0 Å². The van der Waals surface area contributed by atoms with Gasteiger partial charge in [-0.15, -0.1) is 0 Å². The fraction of sp³-hybridized carbons (Fsp3) is 0.500. The molecule has 0 rings (SSSR count). The second-order valence-electron chi connectivity index (χ2n) is 0.926. The van der Waals surface area contributed by atoms with E-state index in [0.29, 0.717) is 0 Å². The van der Waals surface area contributed by atoms with Crippen molar-refractivity contribution in [3.63, 3.8) is 0 Å². The molecule has 0 heterocycles. The lowest BCUT2D eigenvalue weighted by Crippen LogP contribution is -1.82. The van der Waals surface area contributed by atoms with Crippen LogP contribution >= 0.6 is 0 Å². The highest BCUT2D eigenvalue weighted by Crippen LogP contribution is 1.67. The first-order valence-electron chi connectivity index (χ1n) is 1.03.